The van der Waals surface area contributed by atoms with Crippen LogP contribution in [0.25, 0.3) is 0 Å². The molecule has 2 nitrogen and oxygen atoms in total. The molecule has 2 aliphatic heterocycles. The van der Waals surface area contributed by atoms with Gasteiger partial charge in [0.1, 0.15) is 0 Å². The Labute approximate surface area is 94.6 Å². The Morgan fingerprint density at radius 1 is 1.07 bits per heavy atom. The standard InChI is InChI=1S/C13H26N2/c1-3-4-13-10-15(11-13)9-12-5-7-14(2)8-6-12/h12-13H,3-11H2,1-2H3. The number of rotatable bonds is 4. The van der Waals surface area contributed by atoms with Crippen LogP contribution in [0.5, 0.6) is 0 Å². The van der Waals surface area contributed by atoms with Crippen molar-refractivity contribution in [2.24, 2.45) is 11.8 Å². The summed E-state index contributed by atoms with van der Waals surface area (Å²) in [6.45, 7) is 9.10. The van der Waals surface area contributed by atoms with Gasteiger partial charge in [0, 0.05) is 19.6 Å². The summed E-state index contributed by atoms with van der Waals surface area (Å²) in [6.07, 6.45) is 5.66. The molecule has 2 aliphatic rings. The third-order valence-corrected chi connectivity index (χ3v) is 4.08. The molecule has 0 bridgehead atoms. The lowest BCUT2D eigenvalue weighted by molar-refractivity contribution is 0.0607. The minimum Gasteiger partial charge on any atom is -0.306 e. The summed E-state index contributed by atoms with van der Waals surface area (Å²) < 4.78 is 0. The molecule has 15 heavy (non-hydrogen) atoms. The lowest BCUT2D eigenvalue weighted by atomic mass is 9.90. The molecule has 0 unspecified atom stereocenters. The maximum atomic E-state index is 2.68. The fraction of sp³-hybridized carbons (Fsp3) is 1.00. The van der Waals surface area contributed by atoms with E-state index in [9.17, 15) is 0 Å². The lowest BCUT2D eigenvalue weighted by Crippen LogP contribution is -2.49. The molecule has 0 radical (unpaired) electrons. The zero-order valence-electron chi connectivity index (χ0n) is 10.4. The van der Waals surface area contributed by atoms with Gasteiger partial charge in [0.15, 0.2) is 0 Å². The van der Waals surface area contributed by atoms with E-state index in [4.69, 9.17) is 0 Å². The molecule has 0 atom stereocenters. The summed E-state index contributed by atoms with van der Waals surface area (Å²) in [7, 11) is 2.25. The zero-order valence-corrected chi connectivity index (χ0v) is 10.4. The van der Waals surface area contributed by atoms with Gasteiger partial charge >= 0.3 is 0 Å². The molecule has 0 aromatic carbocycles. The average Bonchev–Trinajstić information content (AvgIpc) is 2.18. The maximum absolute atomic E-state index is 2.68. The molecule has 0 aliphatic carbocycles. The monoisotopic (exact) mass is 210 g/mol. The van der Waals surface area contributed by atoms with E-state index in [0.717, 1.165) is 11.8 Å². The Balaban J connectivity index is 1.59. The van der Waals surface area contributed by atoms with Crippen LogP contribution in [0.2, 0.25) is 0 Å². The minimum atomic E-state index is 0.990. The van der Waals surface area contributed by atoms with Crippen LogP contribution < -0.4 is 0 Å². The molecule has 0 spiro atoms. The largest absolute Gasteiger partial charge is 0.306 e. The van der Waals surface area contributed by atoms with Gasteiger partial charge in [-0.2, -0.15) is 0 Å². The van der Waals surface area contributed by atoms with Gasteiger partial charge in [-0.3, -0.25) is 0 Å². The second-order valence-corrected chi connectivity index (χ2v) is 5.62. The van der Waals surface area contributed by atoms with Crippen LogP contribution in [0.3, 0.4) is 0 Å². The van der Waals surface area contributed by atoms with Crippen molar-refractivity contribution in [1.29, 1.82) is 0 Å². The summed E-state index contributed by atoms with van der Waals surface area (Å²) in [5.74, 6) is 2.02. The molecule has 2 heterocycles. The number of hydrogen-bond donors (Lipinski definition) is 0. The van der Waals surface area contributed by atoms with Crippen molar-refractivity contribution < 1.29 is 0 Å². The van der Waals surface area contributed by atoms with Crippen LogP contribution in [-0.4, -0.2) is 49.6 Å². The first-order chi connectivity index (χ1) is 7.28. The SMILES string of the molecule is CCCC1CN(CC2CCN(C)CC2)C1. The van der Waals surface area contributed by atoms with E-state index in [2.05, 4.69) is 23.8 Å². The van der Waals surface area contributed by atoms with Gasteiger partial charge in [-0.05, 0) is 51.2 Å². The summed E-state index contributed by atoms with van der Waals surface area (Å²) in [5.41, 5.74) is 0. The molecule has 0 amide bonds. The molecule has 0 aromatic rings. The van der Waals surface area contributed by atoms with Crippen LogP contribution in [-0.2, 0) is 0 Å². The third kappa shape index (κ3) is 3.18. The number of likely N-dealkylation sites (tertiary alicyclic amines) is 2. The van der Waals surface area contributed by atoms with Crippen molar-refractivity contribution in [2.45, 2.75) is 32.6 Å². The van der Waals surface area contributed by atoms with Gasteiger partial charge < -0.3 is 9.80 Å². The highest BCUT2D eigenvalue weighted by Gasteiger charge is 2.28. The van der Waals surface area contributed by atoms with Gasteiger partial charge in [-0.15, -0.1) is 0 Å². The van der Waals surface area contributed by atoms with E-state index in [-0.39, 0.29) is 0 Å². The van der Waals surface area contributed by atoms with E-state index in [1.807, 2.05) is 0 Å². The predicted octanol–water partition coefficient (Wildman–Crippen LogP) is 2.06. The molecule has 2 heteroatoms. The number of nitrogens with zero attached hydrogens (tertiary/aromatic N) is 2. The first-order valence-electron chi connectivity index (χ1n) is 6.68. The van der Waals surface area contributed by atoms with E-state index in [1.54, 1.807) is 0 Å². The Morgan fingerprint density at radius 2 is 1.73 bits per heavy atom. The van der Waals surface area contributed by atoms with Crippen LogP contribution in [0.15, 0.2) is 0 Å². The van der Waals surface area contributed by atoms with Crippen molar-refractivity contribution in [1.82, 2.24) is 9.80 Å². The van der Waals surface area contributed by atoms with E-state index in [0.29, 0.717) is 0 Å². The van der Waals surface area contributed by atoms with Crippen molar-refractivity contribution in [3.8, 4) is 0 Å². The van der Waals surface area contributed by atoms with Gasteiger partial charge in [0.05, 0.1) is 0 Å². The Bertz CT molecular complexity index is 179. The van der Waals surface area contributed by atoms with Gasteiger partial charge in [0.2, 0.25) is 0 Å². The molecule has 2 rings (SSSR count). The molecule has 0 saturated carbocycles. The fourth-order valence-corrected chi connectivity index (χ4v) is 3.03. The van der Waals surface area contributed by atoms with E-state index >= 15 is 0 Å². The molecular formula is C13H26N2. The van der Waals surface area contributed by atoms with Gasteiger partial charge in [-0.1, -0.05) is 13.3 Å². The summed E-state index contributed by atoms with van der Waals surface area (Å²) in [5, 5.41) is 0. The topological polar surface area (TPSA) is 6.48 Å². The fourth-order valence-electron chi connectivity index (χ4n) is 3.03. The maximum Gasteiger partial charge on any atom is 0.00221 e. The average molecular weight is 210 g/mol. The molecule has 0 aromatic heterocycles. The van der Waals surface area contributed by atoms with Crippen molar-refractivity contribution in [3.63, 3.8) is 0 Å². The Kier molecular flexibility index (Phi) is 4.04. The van der Waals surface area contributed by atoms with Crippen molar-refractivity contribution in [2.75, 3.05) is 39.8 Å². The predicted molar refractivity (Wildman–Crippen MR) is 65.1 cm³/mol. The van der Waals surface area contributed by atoms with Crippen LogP contribution in [0.4, 0.5) is 0 Å². The molecular weight excluding hydrogens is 184 g/mol. The highest BCUT2D eigenvalue weighted by Crippen LogP contribution is 2.24. The highest BCUT2D eigenvalue weighted by molar-refractivity contribution is 4.82. The van der Waals surface area contributed by atoms with Crippen molar-refractivity contribution >= 4 is 0 Å². The number of hydrogen-bond acceptors (Lipinski definition) is 2. The van der Waals surface area contributed by atoms with E-state index in [1.165, 1.54) is 58.4 Å². The third-order valence-electron chi connectivity index (χ3n) is 4.08. The molecule has 0 N–H and O–H groups in total. The second-order valence-electron chi connectivity index (χ2n) is 5.62. The Hall–Kier alpha value is -0.0800. The number of piperidine rings is 1. The summed E-state index contributed by atoms with van der Waals surface area (Å²) in [4.78, 5) is 5.14. The summed E-state index contributed by atoms with van der Waals surface area (Å²) >= 11 is 0. The normalized spacial score (nSPS) is 26.8. The quantitative estimate of drug-likeness (QED) is 0.701. The first kappa shape index (κ1) is 11.4. The van der Waals surface area contributed by atoms with E-state index < -0.39 is 0 Å². The molecule has 2 saturated heterocycles. The lowest BCUT2D eigenvalue weighted by Gasteiger charge is -2.42. The van der Waals surface area contributed by atoms with Crippen LogP contribution in [0.1, 0.15) is 32.6 Å². The first-order valence-corrected chi connectivity index (χ1v) is 6.68. The highest BCUT2D eigenvalue weighted by atomic mass is 15.2. The Morgan fingerprint density at radius 3 is 2.33 bits per heavy atom. The van der Waals surface area contributed by atoms with Gasteiger partial charge in [0.25, 0.3) is 0 Å². The van der Waals surface area contributed by atoms with Crippen LogP contribution >= 0.6 is 0 Å². The molecule has 88 valence electrons. The minimum absolute atomic E-state index is 0.990. The summed E-state index contributed by atoms with van der Waals surface area (Å²) in [6, 6.07) is 0. The van der Waals surface area contributed by atoms with Gasteiger partial charge in [-0.25, -0.2) is 0 Å². The second kappa shape index (κ2) is 5.31. The molecule has 2 fully saturated rings. The van der Waals surface area contributed by atoms with Crippen LogP contribution in [0, 0.1) is 11.8 Å². The van der Waals surface area contributed by atoms with Crippen molar-refractivity contribution in [3.05, 3.63) is 0 Å². The smallest absolute Gasteiger partial charge is 0.00221 e. The zero-order chi connectivity index (χ0) is 10.7.